The molecule has 0 aliphatic carbocycles. The normalized spacial score (nSPS) is 10.7. The van der Waals surface area contributed by atoms with Gasteiger partial charge in [0.15, 0.2) is 0 Å². The number of nitrogen functional groups attached to an aromatic ring is 1. The van der Waals surface area contributed by atoms with E-state index in [-0.39, 0.29) is 0 Å². The molecule has 3 aromatic rings. The third-order valence-electron chi connectivity index (χ3n) is 2.97. The van der Waals surface area contributed by atoms with E-state index in [9.17, 15) is 0 Å². The summed E-state index contributed by atoms with van der Waals surface area (Å²) < 4.78 is 2.09. The SMILES string of the molecule is Nc1ccc(-c2cncn2CCc2cnc[nH]2)cn1. The Kier molecular flexibility index (Phi) is 2.97. The minimum absolute atomic E-state index is 0.521. The van der Waals surface area contributed by atoms with Gasteiger partial charge in [-0.3, -0.25) is 0 Å². The second-order valence-electron chi connectivity index (χ2n) is 4.27. The van der Waals surface area contributed by atoms with Crippen LogP contribution in [0, 0.1) is 0 Å². The van der Waals surface area contributed by atoms with Crippen molar-refractivity contribution in [1.29, 1.82) is 0 Å². The molecule has 19 heavy (non-hydrogen) atoms. The summed E-state index contributed by atoms with van der Waals surface area (Å²) in [7, 11) is 0. The summed E-state index contributed by atoms with van der Waals surface area (Å²) in [6.07, 6.45) is 9.82. The minimum Gasteiger partial charge on any atom is -0.384 e. The van der Waals surface area contributed by atoms with E-state index in [1.165, 1.54) is 0 Å². The van der Waals surface area contributed by atoms with Crippen molar-refractivity contribution < 1.29 is 0 Å². The Morgan fingerprint density at radius 1 is 1.16 bits per heavy atom. The number of anilines is 1. The van der Waals surface area contributed by atoms with Gasteiger partial charge < -0.3 is 15.3 Å². The van der Waals surface area contributed by atoms with Crippen molar-refractivity contribution in [1.82, 2.24) is 24.5 Å². The topological polar surface area (TPSA) is 85.4 Å². The monoisotopic (exact) mass is 254 g/mol. The van der Waals surface area contributed by atoms with Crippen molar-refractivity contribution in [3.8, 4) is 11.3 Å². The van der Waals surface area contributed by atoms with E-state index in [0.29, 0.717) is 5.82 Å². The molecule has 0 radical (unpaired) electrons. The van der Waals surface area contributed by atoms with Gasteiger partial charge in [-0.2, -0.15) is 0 Å². The Bertz CT molecular complexity index is 638. The highest BCUT2D eigenvalue weighted by Gasteiger charge is 2.06. The largest absolute Gasteiger partial charge is 0.384 e. The summed E-state index contributed by atoms with van der Waals surface area (Å²) in [4.78, 5) is 15.4. The number of hydrogen-bond donors (Lipinski definition) is 2. The van der Waals surface area contributed by atoms with Gasteiger partial charge in [-0.15, -0.1) is 0 Å². The van der Waals surface area contributed by atoms with E-state index < -0.39 is 0 Å². The quantitative estimate of drug-likeness (QED) is 0.738. The highest BCUT2D eigenvalue weighted by atomic mass is 15.0. The second kappa shape index (κ2) is 4.93. The van der Waals surface area contributed by atoms with Gasteiger partial charge in [-0.05, 0) is 12.1 Å². The van der Waals surface area contributed by atoms with Gasteiger partial charge in [0.2, 0.25) is 0 Å². The van der Waals surface area contributed by atoms with Gasteiger partial charge in [0.05, 0.1) is 24.5 Å². The number of aromatic amines is 1. The third kappa shape index (κ3) is 2.47. The number of hydrogen-bond acceptors (Lipinski definition) is 4. The molecule has 0 spiro atoms. The predicted molar refractivity (Wildman–Crippen MR) is 72.2 cm³/mol. The number of aromatic nitrogens is 5. The van der Waals surface area contributed by atoms with Gasteiger partial charge >= 0.3 is 0 Å². The fourth-order valence-corrected chi connectivity index (χ4v) is 1.96. The summed E-state index contributed by atoms with van der Waals surface area (Å²) in [5.74, 6) is 0.521. The van der Waals surface area contributed by atoms with Crippen LogP contribution in [0.15, 0.2) is 43.4 Å². The first kappa shape index (κ1) is 11.5. The van der Waals surface area contributed by atoms with Crippen LogP contribution in [0.3, 0.4) is 0 Å². The average molecular weight is 254 g/mol. The molecule has 3 rings (SSSR count). The zero-order valence-corrected chi connectivity index (χ0v) is 10.3. The Labute approximate surface area is 110 Å². The van der Waals surface area contributed by atoms with Crippen molar-refractivity contribution >= 4 is 5.82 Å². The zero-order valence-electron chi connectivity index (χ0n) is 10.3. The molecule has 0 aromatic carbocycles. The van der Waals surface area contributed by atoms with E-state index in [0.717, 1.165) is 29.9 Å². The summed E-state index contributed by atoms with van der Waals surface area (Å²) >= 11 is 0. The molecule has 3 N–H and O–H groups in total. The highest BCUT2D eigenvalue weighted by Crippen LogP contribution is 2.18. The lowest BCUT2D eigenvalue weighted by Crippen LogP contribution is -2.02. The molecule has 3 aromatic heterocycles. The van der Waals surface area contributed by atoms with Crippen molar-refractivity contribution in [2.75, 3.05) is 5.73 Å². The van der Waals surface area contributed by atoms with Crippen LogP contribution in [0.4, 0.5) is 5.82 Å². The van der Waals surface area contributed by atoms with Crippen LogP contribution in [-0.2, 0) is 13.0 Å². The van der Waals surface area contributed by atoms with E-state index in [2.05, 4.69) is 24.5 Å². The Morgan fingerprint density at radius 3 is 2.84 bits per heavy atom. The molecular formula is C13H14N6. The number of nitrogens with one attached hydrogen (secondary N) is 1. The molecule has 3 heterocycles. The maximum Gasteiger partial charge on any atom is 0.123 e. The van der Waals surface area contributed by atoms with E-state index in [4.69, 9.17) is 5.73 Å². The molecule has 96 valence electrons. The lowest BCUT2D eigenvalue weighted by atomic mass is 10.2. The standard InChI is InChI=1S/C13H14N6/c14-13-2-1-10(5-17-13)12-7-16-9-19(12)4-3-11-6-15-8-18-11/h1-2,5-9H,3-4H2,(H2,14,17)(H,15,18). The van der Waals surface area contributed by atoms with Crippen LogP contribution in [0.25, 0.3) is 11.3 Å². The number of imidazole rings is 2. The number of nitrogens with zero attached hydrogens (tertiary/aromatic N) is 4. The molecule has 0 atom stereocenters. The molecule has 0 unspecified atom stereocenters. The number of aryl methyl sites for hydroxylation is 2. The fraction of sp³-hybridized carbons (Fsp3) is 0.154. The molecule has 0 fully saturated rings. The molecule has 0 bridgehead atoms. The maximum atomic E-state index is 5.60. The smallest absolute Gasteiger partial charge is 0.123 e. The van der Waals surface area contributed by atoms with Crippen molar-refractivity contribution in [2.45, 2.75) is 13.0 Å². The zero-order chi connectivity index (χ0) is 13.1. The maximum absolute atomic E-state index is 5.60. The van der Waals surface area contributed by atoms with Gasteiger partial charge in [-0.1, -0.05) is 0 Å². The van der Waals surface area contributed by atoms with Crippen LogP contribution in [0.5, 0.6) is 0 Å². The minimum atomic E-state index is 0.521. The molecule has 0 saturated heterocycles. The van der Waals surface area contributed by atoms with Gasteiger partial charge in [-0.25, -0.2) is 15.0 Å². The van der Waals surface area contributed by atoms with Crippen molar-refractivity contribution in [2.24, 2.45) is 0 Å². The van der Waals surface area contributed by atoms with E-state index in [1.54, 1.807) is 18.6 Å². The summed E-state index contributed by atoms with van der Waals surface area (Å²) in [6, 6.07) is 3.74. The lowest BCUT2D eigenvalue weighted by molar-refractivity contribution is 0.692. The Balaban J connectivity index is 1.80. The number of nitrogens with two attached hydrogens (primary N) is 1. The van der Waals surface area contributed by atoms with Crippen molar-refractivity contribution in [3.63, 3.8) is 0 Å². The summed E-state index contributed by atoms with van der Waals surface area (Å²) in [6.45, 7) is 0.835. The Morgan fingerprint density at radius 2 is 2.11 bits per heavy atom. The third-order valence-corrected chi connectivity index (χ3v) is 2.97. The van der Waals surface area contributed by atoms with Crippen LogP contribution >= 0.6 is 0 Å². The van der Waals surface area contributed by atoms with Gasteiger partial charge in [0.1, 0.15) is 5.82 Å². The molecule has 0 aliphatic heterocycles. The van der Waals surface area contributed by atoms with Gasteiger partial charge in [0.25, 0.3) is 0 Å². The summed E-state index contributed by atoms with van der Waals surface area (Å²) in [5.41, 5.74) is 8.75. The number of H-pyrrole nitrogens is 1. The van der Waals surface area contributed by atoms with Crippen LogP contribution in [0.2, 0.25) is 0 Å². The molecule has 6 nitrogen and oxygen atoms in total. The first-order chi connectivity index (χ1) is 9.33. The predicted octanol–water partition coefficient (Wildman–Crippen LogP) is 1.49. The average Bonchev–Trinajstić information content (AvgIpc) is 3.08. The van der Waals surface area contributed by atoms with Crippen LogP contribution in [0.1, 0.15) is 5.69 Å². The molecule has 6 heteroatoms. The first-order valence-corrected chi connectivity index (χ1v) is 6.02. The number of pyridine rings is 1. The Hall–Kier alpha value is -2.63. The van der Waals surface area contributed by atoms with E-state index >= 15 is 0 Å². The highest BCUT2D eigenvalue weighted by molar-refractivity contribution is 5.59. The van der Waals surface area contributed by atoms with E-state index in [1.807, 2.05) is 24.8 Å². The molecule has 0 amide bonds. The van der Waals surface area contributed by atoms with Crippen LogP contribution < -0.4 is 5.73 Å². The lowest BCUT2D eigenvalue weighted by Gasteiger charge is -2.07. The van der Waals surface area contributed by atoms with Crippen molar-refractivity contribution in [3.05, 3.63) is 49.1 Å². The second-order valence-corrected chi connectivity index (χ2v) is 4.27. The van der Waals surface area contributed by atoms with Crippen LogP contribution in [-0.4, -0.2) is 24.5 Å². The van der Waals surface area contributed by atoms with Gasteiger partial charge in [0, 0.05) is 36.6 Å². The molecule has 0 saturated carbocycles. The first-order valence-electron chi connectivity index (χ1n) is 6.02. The molecule has 0 aliphatic rings. The number of rotatable bonds is 4. The summed E-state index contributed by atoms with van der Waals surface area (Å²) in [5, 5.41) is 0. The molecular weight excluding hydrogens is 240 g/mol. The fourth-order valence-electron chi connectivity index (χ4n) is 1.96.